The number of halogens is 2. The minimum Gasteiger partial charge on any atom is -0.296 e. The van der Waals surface area contributed by atoms with Gasteiger partial charge in [-0.2, -0.15) is 0 Å². The molecule has 0 spiro atoms. The molecule has 128 valence electrons. The highest BCUT2D eigenvalue weighted by Crippen LogP contribution is 2.09. The van der Waals surface area contributed by atoms with Crippen molar-refractivity contribution >= 4 is 0 Å². The molecule has 3 nitrogen and oxygen atoms in total. The van der Waals surface area contributed by atoms with Crippen molar-refractivity contribution in [3.05, 3.63) is 29.6 Å². The van der Waals surface area contributed by atoms with Crippen LogP contribution in [0.3, 0.4) is 0 Å². The number of alkyl halides is 2. The van der Waals surface area contributed by atoms with E-state index in [-0.39, 0.29) is 6.54 Å². The zero-order valence-corrected chi connectivity index (χ0v) is 14.6. The first-order valence-electron chi connectivity index (χ1n) is 8.28. The summed E-state index contributed by atoms with van der Waals surface area (Å²) in [6.07, 6.45) is -0.334. The monoisotopic (exact) mass is 315 g/mol. The van der Waals surface area contributed by atoms with Gasteiger partial charge < -0.3 is 0 Å². The second-order valence-electron chi connectivity index (χ2n) is 4.78. The van der Waals surface area contributed by atoms with Gasteiger partial charge >= 0.3 is 0 Å². The summed E-state index contributed by atoms with van der Waals surface area (Å²) < 4.78 is 24.5. The van der Waals surface area contributed by atoms with Gasteiger partial charge in [-0.1, -0.05) is 33.8 Å². The zero-order valence-electron chi connectivity index (χ0n) is 14.6. The number of hydrogen-bond acceptors (Lipinski definition) is 3. The standard InChI is InChI=1S/C13H19F2N3.2C2H6/c1-11-2-3-12(8-16-11)9-17-4-6-18(7-5-17)10-13(14)15;2*1-2/h2-3,8,13H,4-7,9-10H2,1H3;2*1-2H3. The molecule has 0 radical (unpaired) electrons. The average Bonchev–Trinajstić information content (AvgIpc) is 2.55. The lowest BCUT2D eigenvalue weighted by Gasteiger charge is -2.34. The molecule has 22 heavy (non-hydrogen) atoms. The van der Waals surface area contributed by atoms with E-state index in [0.29, 0.717) is 0 Å². The third-order valence-corrected chi connectivity index (χ3v) is 3.24. The summed E-state index contributed by atoms with van der Waals surface area (Å²) in [6.45, 7) is 13.9. The molecule has 0 bridgehead atoms. The Balaban J connectivity index is 0.00000102. The van der Waals surface area contributed by atoms with Crippen LogP contribution in [0.25, 0.3) is 0 Å². The lowest BCUT2D eigenvalue weighted by molar-refractivity contribution is 0.0543. The van der Waals surface area contributed by atoms with Crippen molar-refractivity contribution in [1.82, 2.24) is 14.8 Å². The van der Waals surface area contributed by atoms with Gasteiger partial charge in [0.05, 0.1) is 6.54 Å². The molecule has 1 aliphatic rings. The fourth-order valence-corrected chi connectivity index (χ4v) is 2.18. The molecule has 0 amide bonds. The Morgan fingerprint density at radius 2 is 1.55 bits per heavy atom. The van der Waals surface area contributed by atoms with Crippen LogP contribution in [-0.4, -0.2) is 53.9 Å². The van der Waals surface area contributed by atoms with Gasteiger partial charge in [-0.25, -0.2) is 8.78 Å². The number of pyridine rings is 1. The molecule has 0 aromatic carbocycles. The summed E-state index contributed by atoms with van der Waals surface area (Å²) in [4.78, 5) is 8.38. The van der Waals surface area contributed by atoms with Crippen LogP contribution in [0.1, 0.15) is 39.0 Å². The van der Waals surface area contributed by atoms with Gasteiger partial charge in [-0.3, -0.25) is 14.8 Å². The van der Waals surface area contributed by atoms with E-state index in [1.54, 1.807) is 0 Å². The summed E-state index contributed by atoms with van der Waals surface area (Å²) in [6, 6.07) is 4.08. The number of aryl methyl sites for hydroxylation is 1. The smallest absolute Gasteiger partial charge is 0.251 e. The number of aromatic nitrogens is 1. The molecule has 0 atom stereocenters. The first-order chi connectivity index (χ1) is 10.6. The van der Waals surface area contributed by atoms with Crippen LogP contribution in [0.2, 0.25) is 0 Å². The Hall–Kier alpha value is -1.07. The van der Waals surface area contributed by atoms with Gasteiger partial charge in [-0.15, -0.1) is 0 Å². The van der Waals surface area contributed by atoms with Crippen LogP contribution in [-0.2, 0) is 6.54 Å². The second-order valence-corrected chi connectivity index (χ2v) is 4.78. The number of nitrogens with zero attached hydrogens (tertiary/aromatic N) is 3. The van der Waals surface area contributed by atoms with E-state index in [9.17, 15) is 8.78 Å². The lowest BCUT2D eigenvalue weighted by atomic mass is 10.2. The van der Waals surface area contributed by atoms with Crippen LogP contribution in [0, 0.1) is 6.92 Å². The molecule has 1 saturated heterocycles. The van der Waals surface area contributed by atoms with Gasteiger partial charge in [0.2, 0.25) is 0 Å². The van der Waals surface area contributed by atoms with E-state index in [4.69, 9.17) is 0 Å². The molecule has 0 N–H and O–H groups in total. The van der Waals surface area contributed by atoms with Crippen LogP contribution in [0.5, 0.6) is 0 Å². The zero-order chi connectivity index (χ0) is 17.0. The Bertz CT molecular complexity index is 361. The molecule has 1 aromatic rings. The maximum atomic E-state index is 12.2. The quantitative estimate of drug-likeness (QED) is 0.842. The summed E-state index contributed by atoms with van der Waals surface area (Å²) in [5.74, 6) is 0. The lowest BCUT2D eigenvalue weighted by Crippen LogP contribution is -2.47. The number of hydrogen-bond donors (Lipinski definition) is 0. The van der Waals surface area contributed by atoms with Gasteiger partial charge in [0, 0.05) is 44.6 Å². The molecule has 2 rings (SSSR count). The fraction of sp³-hybridized carbons (Fsp3) is 0.706. The fourth-order valence-electron chi connectivity index (χ4n) is 2.18. The first-order valence-corrected chi connectivity index (χ1v) is 8.28. The second kappa shape index (κ2) is 12.5. The van der Waals surface area contributed by atoms with Crippen molar-refractivity contribution in [2.45, 2.75) is 47.6 Å². The van der Waals surface area contributed by atoms with Crippen molar-refractivity contribution in [3.8, 4) is 0 Å². The SMILES string of the molecule is CC.CC.Cc1ccc(CN2CCN(CC(F)F)CC2)cn1. The Morgan fingerprint density at radius 3 is 2.00 bits per heavy atom. The minimum absolute atomic E-state index is 0.0973. The van der Waals surface area contributed by atoms with Crippen LogP contribution >= 0.6 is 0 Å². The summed E-state index contributed by atoms with van der Waals surface area (Å²) in [5, 5.41) is 0. The molecule has 0 aliphatic carbocycles. The highest BCUT2D eigenvalue weighted by atomic mass is 19.3. The Kier molecular flexibility index (Phi) is 11.9. The van der Waals surface area contributed by atoms with Crippen LogP contribution in [0.15, 0.2) is 18.3 Å². The van der Waals surface area contributed by atoms with Gasteiger partial charge in [0.1, 0.15) is 0 Å². The largest absolute Gasteiger partial charge is 0.296 e. The molecule has 0 saturated carbocycles. The van der Waals surface area contributed by atoms with Crippen molar-refractivity contribution in [3.63, 3.8) is 0 Å². The van der Waals surface area contributed by atoms with E-state index in [1.165, 1.54) is 5.56 Å². The summed E-state index contributed by atoms with van der Waals surface area (Å²) >= 11 is 0. The highest BCUT2D eigenvalue weighted by Gasteiger charge is 2.19. The van der Waals surface area contributed by atoms with Gasteiger partial charge in [0.15, 0.2) is 0 Å². The highest BCUT2D eigenvalue weighted by molar-refractivity contribution is 5.13. The Morgan fingerprint density at radius 1 is 1.00 bits per heavy atom. The van der Waals surface area contributed by atoms with Gasteiger partial charge in [-0.05, 0) is 18.6 Å². The van der Waals surface area contributed by atoms with Crippen LogP contribution < -0.4 is 0 Å². The van der Waals surface area contributed by atoms with Crippen LogP contribution in [0.4, 0.5) is 8.78 Å². The molecular weight excluding hydrogens is 284 g/mol. The van der Waals surface area contributed by atoms with Crippen molar-refractivity contribution < 1.29 is 8.78 Å². The molecule has 2 heterocycles. The molecular formula is C17H31F2N3. The van der Waals surface area contributed by atoms with E-state index < -0.39 is 6.43 Å². The molecule has 0 unspecified atom stereocenters. The molecule has 1 fully saturated rings. The van der Waals surface area contributed by atoms with Crippen molar-refractivity contribution in [1.29, 1.82) is 0 Å². The van der Waals surface area contributed by atoms with E-state index in [2.05, 4.69) is 16.0 Å². The number of rotatable bonds is 4. The van der Waals surface area contributed by atoms with E-state index in [1.807, 2.05) is 51.8 Å². The Labute approximate surface area is 134 Å². The maximum Gasteiger partial charge on any atom is 0.251 e. The van der Waals surface area contributed by atoms with E-state index in [0.717, 1.165) is 38.4 Å². The summed E-state index contributed by atoms with van der Waals surface area (Å²) in [5.41, 5.74) is 2.20. The molecule has 1 aromatic heterocycles. The average molecular weight is 315 g/mol. The third kappa shape index (κ3) is 8.39. The maximum absolute atomic E-state index is 12.2. The van der Waals surface area contributed by atoms with E-state index >= 15 is 0 Å². The minimum atomic E-state index is -2.22. The first kappa shape index (κ1) is 20.9. The predicted molar refractivity (Wildman–Crippen MR) is 89.4 cm³/mol. The molecule has 1 aliphatic heterocycles. The van der Waals surface area contributed by atoms with Crippen molar-refractivity contribution in [2.75, 3.05) is 32.7 Å². The number of piperazine rings is 1. The van der Waals surface area contributed by atoms with Gasteiger partial charge in [0.25, 0.3) is 6.43 Å². The third-order valence-electron chi connectivity index (χ3n) is 3.24. The summed E-state index contributed by atoms with van der Waals surface area (Å²) in [7, 11) is 0. The molecule has 5 heteroatoms. The topological polar surface area (TPSA) is 19.4 Å². The predicted octanol–water partition coefficient (Wildman–Crippen LogP) is 3.83. The van der Waals surface area contributed by atoms with Crippen molar-refractivity contribution in [2.24, 2.45) is 0 Å². The normalized spacial score (nSPS) is 15.6.